The Bertz CT molecular complexity index is 1150. The molecule has 8 heteroatoms. The number of aromatic nitrogens is 3. The molecule has 0 radical (unpaired) electrons. The molecule has 0 unspecified atom stereocenters. The van der Waals surface area contributed by atoms with E-state index in [2.05, 4.69) is 21.4 Å². The predicted octanol–water partition coefficient (Wildman–Crippen LogP) is 2.26. The highest BCUT2D eigenvalue weighted by Crippen LogP contribution is 2.27. The lowest BCUT2D eigenvalue weighted by molar-refractivity contribution is -0.117. The fourth-order valence-corrected chi connectivity index (χ4v) is 3.95. The summed E-state index contributed by atoms with van der Waals surface area (Å²) in [7, 11) is 1.67. The number of amides is 1. The van der Waals surface area contributed by atoms with Crippen molar-refractivity contribution >= 4 is 11.6 Å². The Kier molecular flexibility index (Phi) is 5.96. The maximum absolute atomic E-state index is 12.6. The second-order valence-corrected chi connectivity index (χ2v) is 7.72. The topological polar surface area (TPSA) is 95.9 Å². The number of carbonyl (C=O) groups excluding carboxylic acids is 1. The Hall–Kier alpha value is -3.70. The number of hydrogen-bond acceptors (Lipinski definition) is 5. The van der Waals surface area contributed by atoms with Crippen LogP contribution in [-0.4, -0.2) is 44.8 Å². The van der Waals surface area contributed by atoms with Gasteiger partial charge >= 0.3 is 5.69 Å². The number of likely N-dealkylation sites (tertiary alicyclic amines) is 1. The molecule has 0 spiro atoms. The van der Waals surface area contributed by atoms with Crippen LogP contribution in [0.3, 0.4) is 0 Å². The number of anilines is 1. The van der Waals surface area contributed by atoms with Crippen LogP contribution in [-0.2, 0) is 11.8 Å². The number of hydrogen-bond donors (Lipinski definition) is 1. The molecule has 4 rings (SSSR count). The fraction of sp³-hybridized carbons (Fsp3) is 0.304. The van der Waals surface area contributed by atoms with Crippen LogP contribution in [0.25, 0.3) is 5.69 Å². The van der Waals surface area contributed by atoms with Crippen LogP contribution in [0, 0.1) is 11.3 Å². The molecule has 0 bridgehead atoms. The molecule has 1 aliphatic rings. The minimum Gasteiger partial charge on any atom is -0.325 e. The number of aryl methyl sites for hydroxylation is 1. The Morgan fingerprint density at radius 2 is 1.81 bits per heavy atom. The molecule has 1 N–H and O–H groups in total. The summed E-state index contributed by atoms with van der Waals surface area (Å²) in [5.74, 6) is 0.856. The first-order chi connectivity index (χ1) is 15.0. The Morgan fingerprint density at radius 3 is 2.45 bits per heavy atom. The van der Waals surface area contributed by atoms with E-state index in [0.29, 0.717) is 17.8 Å². The van der Waals surface area contributed by atoms with Crippen molar-refractivity contribution in [2.45, 2.75) is 18.8 Å². The third kappa shape index (κ3) is 4.57. The van der Waals surface area contributed by atoms with E-state index in [9.17, 15) is 9.59 Å². The zero-order chi connectivity index (χ0) is 21.8. The Morgan fingerprint density at radius 1 is 1.13 bits per heavy atom. The van der Waals surface area contributed by atoms with Crippen LogP contribution in [0.1, 0.15) is 30.1 Å². The van der Waals surface area contributed by atoms with E-state index >= 15 is 0 Å². The molecule has 0 aliphatic carbocycles. The average molecular weight is 416 g/mol. The summed E-state index contributed by atoms with van der Waals surface area (Å²) in [5, 5.41) is 16.2. The van der Waals surface area contributed by atoms with Crippen LogP contribution in [0.4, 0.5) is 5.69 Å². The van der Waals surface area contributed by atoms with E-state index in [-0.39, 0.29) is 17.5 Å². The molecule has 1 aliphatic heterocycles. The van der Waals surface area contributed by atoms with Crippen molar-refractivity contribution in [2.24, 2.45) is 7.05 Å². The summed E-state index contributed by atoms with van der Waals surface area (Å²) in [6.45, 7) is 1.82. The number of nitrogens with one attached hydrogen (secondary N) is 1. The first-order valence-electron chi connectivity index (χ1n) is 10.3. The maximum Gasteiger partial charge on any atom is 0.350 e. The monoisotopic (exact) mass is 416 g/mol. The second kappa shape index (κ2) is 8.98. The molecular weight excluding hydrogens is 392 g/mol. The average Bonchev–Trinajstić information content (AvgIpc) is 3.09. The smallest absolute Gasteiger partial charge is 0.325 e. The molecule has 1 amide bonds. The highest BCUT2D eigenvalue weighted by molar-refractivity contribution is 5.92. The zero-order valence-corrected chi connectivity index (χ0v) is 17.4. The standard InChI is InChI=1S/C23H24N6O2/c1-27-23(31)29(20-5-3-2-4-6-20)22(26-27)18-11-13-28(14-12-18)16-21(30)25-19-9-7-17(15-24)8-10-19/h2-10,18H,11-14,16H2,1H3,(H,25,30). The third-order valence-electron chi connectivity index (χ3n) is 5.58. The number of carbonyl (C=O) groups is 1. The number of benzene rings is 2. The molecule has 2 aromatic carbocycles. The van der Waals surface area contributed by atoms with E-state index in [1.807, 2.05) is 30.3 Å². The van der Waals surface area contributed by atoms with Crippen LogP contribution >= 0.6 is 0 Å². The van der Waals surface area contributed by atoms with Gasteiger partial charge in [0.15, 0.2) is 0 Å². The van der Waals surface area contributed by atoms with Crippen molar-refractivity contribution in [3.63, 3.8) is 0 Å². The van der Waals surface area contributed by atoms with Gasteiger partial charge in [0.05, 0.1) is 23.9 Å². The molecule has 3 aromatic rings. The van der Waals surface area contributed by atoms with Gasteiger partial charge in [-0.05, 0) is 62.3 Å². The van der Waals surface area contributed by atoms with Crippen LogP contribution < -0.4 is 11.0 Å². The van der Waals surface area contributed by atoms with Gasteiger partial charge in [0.1, 0.15) is 5.82 Å². The summed E-state index contributed by atoms with van der Waals surface area (Å²) >= 11 is 0. The van der Waals surface area contributed by atoms with E-state index in [1.54, 1.807) is 35.9 Å². The summed E-state index contributed by atoms with van der Waals surface area (Å²) in [5.41, 5.74) is 1.91. The quantitative estimate of drug-likeness (QED) is 0.688. The molecular formula is C23H24N6O2. The molecule has 1 fully saturated rings. The van der Waals surface area contributed by atoms with Gasteiger partial charge in [0.2, 0.25) is 5.91 Å². The van der Waals surface area contributed by atoms with E-state index in [0.717, 1.165) is 37.4 Å². The first kappa shape index (κ1) is 20.6. The third-order valence-corrected chi connectivity index (χ3v) is 5.58. The maximum atomic E-state index is 12.6. The van der Waals surface area contributed by atoms with Crippen LogP contribution in [0.2, 0.25) is 0 Å². The van der Waals surface area contributed by atoms with Gasteiger partial charge in [-0.1, -0.05) is 18.2 Å². The van der Waals surface area contributed by atoms with Gasteiger partial charge in [-0.15, -0.1) is 0 Å². The van der Waals surface area contributed by atoms with Crippen molar-refractivity contribution in [3.05, 3.63) is 76.5 Å². The van der Waals surface area contributed by atoms with Crippen molar-refractivity contribution in [3.8, 4) is 11.8 Å². The molecule has 8 nitrogen and oxygen atoms in total. The number of nitriles is 1. The van der Waals surface area contributed by atoms with Gasteiger partial charge in [0.25, 0.3) is 0 Å². The normalized spacial score (nSPS) is 14.8. The van der Waals surface area contributed by atoms with Crippen LogP contribution in [0.5, 0.6) is 0 Å². The summed E-state index contributed by atoms with van der Waals surface area (Å²) in [6, 6.07) is 18.4. The van der Waals surface area contributed by atoms with Crippen molar-refractivity contribution in [2.75, 3.05) is 25.0 Å². The highest BCUT2D eigenvalue weighted by Gasteiger charge is 2.27. The summed E-state index contributed by atoms with van der Waals surface area (Å²) in [6.07, 6.45) is 1.65. The van der Waals surface area contributed by atoms with E-state index in [4.69, 9.17) is 5.26 Å². The van der Waals surface area contributed by atoms with Crippen LogP contribution in [0.15, 0.2) is 59.4 Å². The van der Waals surface area contributed by atoms with Gasteiger partial charge in [-0.2, -0.15) is 10.4 Å². The van der Waals surface area contributed by atoms with Gasteiger partial charge in [0, 0.05) is 18.7 Å². The minimum atomic E-state index is -0.148. The number of piperidine rings is 1. The molecule has 0 saturated carbocycles. The van der Waals surface area contributed by atoms with Gasteiger partial charge in [-0.25, -0.2) is 14.0 Å². The molecule has 1 aromatic heterocycles. The fourth-order valence-electron chi connectivity index (χ4n) is 3.95. The molecule has 1 saturated heterocycles. The SMILES string of the molecule is Cn1nc(C2CCN(CC(=O)Nc3ccc(C#N)cc3)CC2)n(-c2ccccc2)c1=O. The number of para-hydroxylation sites is 1. The van der Waals surface area contributed by atoms with Gasteiger partial charge in [-0.3, -0.25) is 9.69 Å². The number of rotatable bonds is 5. The lowest BCUT2D eigenvalue weighted by Gasteiger charge is -2.31. The predicted molar refractivity (Wildman–Crippen MR) is 117 cm³/mol. The second-order valence-electron chi connectivity index (χ2n) is 7.72. The highest BCUT2D eigenvalue weighted by atomic mass is 16.2. The van der Waals surface area contributed by atoms with Gasteiger partial charge < -0.3 is 5.32 Å². The molecule has 158 valence electrons. The molecule has 2 heterocycles. The first-order valence-corrected chi connectivity index (χ1v) is 10.3. The summed E-state index contributed by atoms with van der Waals surface area (Å²) < 4.78 is 3.08. The molecule has 31 heavy (non-hydrogen) atoms. The van der Waals surface area contributed by atoms with Crippen molar-refractivity contribution in [1.82, 2.24) is 19.2 Å². The molecule has 0 atom stereocenters. The van der Waals surface area contributed by atoms with Crippen molar-refractivity contribution < 1.29 is 4.79 Å². The lowest BCUT2D eigenvalue weighted by Crippen LogP contribution is -2.39. The largest absolute Gasteiger partial charge is 0.350 e. The lowest BCUT2D eigenvalue weighted by atomic mass is 9.95. The zero-order valence-electron chi connectivity index (χ0n) is 17.4. The van der Waals surface area contributed by atoms with E-state index in [1.165, 1.54) is 4.68 Å². The minimum absolute atomic E-state index is 0.0813. The van der Waals surface area contributed by atoms with Crippen molar-refractivity contribution in [1.29, 1.82) is 5.26 Å². The number of nitrogens with zero attached hydrogens (tertiary/aromatic N) is 5. The van der Waals surface area contributed by atoms with E-state index < -0.39 is 0 Å². The Labute approximate surface area is 180 Å². The summed E-state index contributed by atoms with van der Waals surface area (Å²) in [4.78, 5) is 27.1. The Balaban J connectivity index is 1.38.